The molecule has 0 saturated heterocycles. The number of fused-ring (bicyclic) bond motifs is 1. The second-order valence-corrected chi connectivity index (χ2v) is 6.53. The Kier molecular flexibility index (Phi) is 4.05. The Labute approximate surface area is 138 Å². The number of rotatable bonds is 2. The highest BCUT2D eigenvalue weighted by Gasteiger charge is 2.23. The highest BCUT2D eigenvalue weighted by Crippen LogP contribution is 2.32. The van der Waals surface area contributed by atoms with E-state index in [1.807, 2.05) is 0 Å². The van der Waals surface area contributed by atoms with E-state index in [9.17, 15) is 14.4 Å². The molecule has 0 unspecified atom stereocenters. The van der Waals surface area contributed by atoms with Crippen LogP contribution < -0.4 is 15.0 Å². The maximum absolute atomic E-state index is 11.9. The van der Waals surface area contributed by atoms with E-state index >= 15 is 0 Å². The number of amidine groups is 1. The van der Waals surface area contributed by atoms with Gasteiger partial charge in [0, 0.05) is 6.92 Å². The fraction of sp³-hybridized carbons (Fsp3) is 0.143. The quantitative estimate of drug-likeness (QED) is 0.832. The first-order valence-electron chi connectivity index (χ1n) is 6.38. The summed E-state index contributed by atoms with van der Waals surface area (Å²) in [6.07, 6.45) is 1.62. The van der Waals surface area contributed by atoms with E-state index in [0.717, 1.165) is 23.1 Å². The van der Waals surface area contributed by atoms with Crippen LogP contribution >= 0.6 is 23.1 Å². The van der Waals surface area contributed by atoms with Crippen molar-refractivity contribution in [1.29, 1.82) is 0 Å². The van der Waals surface area contributed by atoms with Gasteiger partial charge in [0.1, 0.15) is 0 Å². The van der Waals surface area contributed by atoms with Gasteiger partial charge in [-0.05, 0) is 35.5 Å². The first-order chi connectivity index (χ1) is 11.0. The Bertz CT molecular complexity index is 938. The number of amides is 2. The number of ether oxygens (including phenoxy) is 1. The molecule has 1 aliphatic heterocycles. The SMILES string of the molecule is COc1cc(/C=C2\SC(NC(C)=O)=NC2=O)cc2sc(=O)oc12. The van der Waals surface area contributed by atoms with Crippen molar-refractivity contribution in [3.63, 3.8) is 0 Å². The van der Waals surface area contributed by atoms with Crippen LogP contribution in [-0.2, 0) is 9.59 Å². The fourth-order valence-electron chi connectivity index (χ4n) is 1.97. The lowest BCUT2D eigenvalue weighted by atomic mass is 10.2. The summed E-state index contributed by atoms with van der Waals surface area (Å²) in [6, 6.07) is 3.39. The Morgan fingerprint density at radius 1 is 1.39 bits per heavy atom. The molecule has 0 spiro atoms. The molecule has 0 fully saturated rings. The molecular formula is C14H10N2O5S2. The molecule has 0 radical (unpaired) electrons. The minimum atomic E-state index is -0.432. The van der Waals surface area contributed by atoms with Gasteiger partial charge < -0.3 is 14.5 Å². The predicted molar refractivity (Wildman–Crippen MR) is 88.7 cm³/mol. The van der Waals surface area contributed by atoms with Crippen LogP contribution in [0.15, 0.2) is 31.2 Å². The Morgan fingerprint density at radius 2 is 2.17 bits per heavy atom. The number of thioether (sulfide) groups is 1. The molecule has 0 aliphatic carbocycles. The maximum Gasteiger partial charge on any atom is 0.396 e. The van der Waals surface area contributed by atoms with Crippen molar-refractivity contribution in [2.24, 2.45) is 4.99 Å². The number of hydrogen-bond donors (Lipinski definition) is 1. The molecule has 1 N–H and O–H groups in total. The van der Waals surface area contributed by atoms with E-state index in [2.05, 4.69) is 10.3 Å². The fourth-order valence-corrected chi connectivity index (χ4v) is 3.56. The number of methoxy groups -OCH3 is 1. The molecule has 1 aromatic carbocycles. The van der Waals surface area contributed by atoms with Crippen LogP contribution in [-0.4, -0.2) is 24.1 Å². The summed E-state index contributed by atoms with van der Waals surface area (Å²) in [6.45, 7) is 1.34. The predicted octanol–water partition coefficient (Wildman–Crippen LogP) is 1.97. The van der Waals surface area contributed by atoms with Gasteiger partial charge in [-0.2, -0.15) is 4.99 Å². The normalized spacial score (nSPS) is 16.0. The number of nitrogens with one attached hydrogen (secondary N) is 1. The molecule has 1 aromatic heterocycles. The molecule has 3 rings (SSSR count). The zero-order valence-electron chi connectivity index (χ0n) is 12.0. The molecule has 0 bridgehead atoms. The topological polar surface area (TPSA) is 98.0 Å². The minimum Gasteiger partial charge on any atom is -0.493 e. The highest BCUT2D eigenvalue weighted by atomic mass is 32.2. The average Bonchev–Trinajstić information content (AvgIpc) is 2.99. The molecule has 0 atom stereocenters. The van der Waals surface area contributed by atoms with Crippen molar-refractivity contribution in [3.05, 3.63) is 32.3 Å². The molecule has 118 valence electrons. The third-order valence-electron chi connectivity index (χ3n) is 2.84. The zero-order chi connectivity index (χ0) is 16.6. The largest absolute Gasteiger partial charge is 0.493 e. The van der Waals surface area contributed by atoms with Gasteiger partial charge in [-0.1, -0.05) is 11.3 Å². The molecule has 7 nitrogen and oxygen atoms in total. The van der Waals surface area contributed by atoms with Gasteiger partial charge in [0.15, 0.2) is 16.5 Å². The monoisotopic (exact) mass is 350 g/mol. The second kappa shape index (κ2) is 6.01. The molecule has 9 heteroatoms. The van der Waals surface area contributed by atoms with E-state index in [-0.39, 0.29) is 11.1 Å². The third-order valence-corrected chi connectivity index (χ3v) is 4.52. The van der Waals surface area contributed by atoms with Gasteiger partial charge in [-0.25, -0.2) is 4.79 Å². The van der Waals surface area contributed by atoms with Crippen LogP contribution in [0, 0.1) is 0 Å². The lowest BCUT2D eigenvalue weighted by Gasteiger charge is -2.02. The summed E-state index contributed by atoms with van der Waals surface area (Å²) < 4.78 is 10.9. The zero-order valence-corrected chi connectivity index (χ0v) is 13.7. The summed E-state index contributed by atoms with van der Waals surface area (Å²) >= 11 is 2.03. The molecule has 0 saturated carbocycles. The number of nitrogens with zero attached hydrogens (tertiary/aromatic N) is 1. The van der Waals surface area contributed by atoms with Crippen LogP contribution in [0.25, 0.3) is 16.4 Å². The van der Waals surface area contributed by atoms with Gasteiger partial charge in [-0.15, -0.1) is 0 Å². The highest BCUT2D eigenvalue weighted by molar-refractivity contribution is 8.18. The lowest BCUT2D eigenvalue weighted by Crippen LogP contribution is -2.23. The first-order valence-corrected chi connectivity index (χ1v) is 8.01. The van der Waals surface area contributed by atoms with Crippen molar-refractivity contribution in [2.75, 3.05) is 7.11 Å². The average molecular weight is 350 g/mol. The first kappa shape index (κ1) is 15.5. The summed E-state index contributed by atoms with van der Waals surface area (Å²) in [7, 11) is 1.47. The summed E-state index contributed by atoms with van der Waals surface area (Å²) in [5.74, 6) is -0.319. The molecular weight excluding hydrogens is 340 g/mol. The van der Waals surface area contributed by atoms with E-state index in [1.54, 1.807) is 18.2 Å². The van der Waals surface area contributed by atoms with Gasteiger partial charge in [0.25, 0.3) is 5.91 Å². The Balaban J connectivity index is 1.97. The van der Waals surface area contributed by atoms with Crippen molar-refractivity contribution in [1.82, 2.24) is 5.32 Å². The lowest BCUT2D eigenvalue weighted by molar-refractivity contribution is -0.117. The van der Waals surface area contributed by atoms with Crippen molar-refractivity contribution < 1.29 is 18.7 Å². The van der Waals surface area contributed by atoms with Crippen molar-refractivity contribution in [3.8, 4) is 5.75 Å². The van der Waals surface area contributed by atoms with Gasteiger partial charge in [-0.3, -0.25) is 9.59 Å². The molecule has 23 heavy (non-hydrogen) atoms. The van der Waals surface area contributed by atoms with Crippen LogP contribution in [0.3, 0.4) is 0 Å². The van der Waals surface area contributed by atoms with Gasteiger partial charge in [0.05, 0.1) is 16.7 Å². The Morgan fingerprint density at radius 3 is 2.87 bits per heavy atom. The summed E-state index contributed by atoms with van der Waals surface area (Å²) in [5, 5.41) is 2.72. The molecule has 2 amide bonds. The van der Waals surface area contributed by atoms with Crippen LogP contribution in [0.5, 0.6) is 5.75 Å². The van der Waals surface area contributed by atoms with Gasteiger partial charge >= 0.3 is 4.94 Å². The number of aliphatic imine (C=N–C) groups is 1. The standard InChI is InChI=1S/C14H10N2O5S2/c1-6(17)15-13-16-12(18)10(22-13)5-7-3-8(20-2)11-9(4-7)23-14(19)21-11/h3-5H,1-2H3,(H,15,16,17,18)/b10-5-. The summed E-state index contributed by atoms with van der Waals surface area (Å²) in [4.78, 5) is 38.0. The Hall–Kier alpha value is -2.39. The van der Waals surface area contributed by atoms with E-state index in [0.29, 0.717) is 26.5 Å². The smallest absolute Gasteiger partial charge is 0.396 e. The van der Waals surface area contributed by atoms with Crippen LogP contribution in [0.1, 0.15) is 12.5 Å². The minimum absolute atomic E-state index is 0.245. The number of benzene rings is 1. The van der Waals surface area contributed by atoms with Crippen LogP contribution in [0.4, 0.5) is 0 Å². The molecule has 2 heterocycles. The van der Waals surface area contributed by atoms with Crippen molar-refractivity contribution in [2.45, 2.75) is 6.92 Å². The maximum atomic E-state index is 11.9. The number of carbonyl (C=O) groups excluding carboxylic acids is 2. The number of hydrogen-bond acceptors (Lipinski definition) is 7. The third kappa shape index (κ3) is 3.20. The van der Waals surface area contributed by atoms with Gasteiger partial charge in [0.2, 0.25) is 5.91 Å². The van der Waals surface area contributed by atoms with E-state index in [1.165, 1.54) is 14.0 Å². The molecule has 1 aliphatic rings. The van der Waals surface area contributed by atoms with Crippen molar-refractivity contribution >= 4 is 56.4 Å². The van der Waals surface area contributed by atoms with E-state index in [4.69, 9.17) is 9.15 Å². The van der Waals surface area contributed by atoms with E-state index < -0.39 is 10.8 Å². The summed E-state index contributed by atoms with van der Waals surface area (Å²) in [5.41, 5.74) is 1.05. The van der Waals surface area contributed by atoms with Crippen LogP contribution in [0.2, 0.25) is 0 Å². The number of carbonyl (C=O) groups is 2. The molecule has 2 aromatic rings. The second-order valence-electron chi connectivity index (χ2n) is 4.52.